The number of carboxylic acid groups (broad SMARTS) is 1. The van der Waals surface area contributed by atoms with E-state index in [1.165, 1.54) is 0 Å². The number of hydrogen-bond acceptors (Lipinski definition) is 5. The third-order valence-corrected chi connectivity index (χ3v) is 4.28. The Hall–Kier alpha value is -3.12. The van der Waals surface area contributed by atoms with Crippen LogP contribution in [0.25, 0.3) is 11.1 Å². The SMILES string of the molecule is CCc1nc(N)nc(N)c1Cc1ccc(-c2ccc(C(=O)O)cc2)cc1.Cl. The summed E-state index contributed by atoms with van der Waals surface area (Å²) in [7, 11) is 0. The summed E-state index contributed by atoms with van der Waals surface area (Å²) in [6, 6.07) is 14.9. The van der Waals surface area contributed by atoms with Gasteiger partial charge in [-0.25, -0.2) is 9.78 Å². The summed E-state index contributed by atoms with van der Waals surface area (Å²) in [5, 5.41) is 8.98. The van der Waals surface area contributed by atoms with Gasteiger partial charge >= 0.3 is 5.97 Å². The predicted molar refractivity (Wildman–Crippen MR) is 109 cm³/mol. The molecule has 5 N–H and O–H groups in total. The fourth-order valence-electron chi connectivity index (χ4n) is 2.88. The second-order valence-corrected chi connectivity index (χ2v) is 6.00. The highest BCUT2D eigenvalue weighted by Crippen LogP contribution is 2.24. The third-order valence-electron chi connectivity index (χ3n) is 4.28. The Morgan fingerprint density at radius 3 is 2.04 bits per heavy atom. The minimum Gasteiger partial charge on any atom is -0.478 e. The summed E-state index contributed by atoms with van der Waals surface area (Å²) in [5.74, 6) is -0.312. The van der Waals surface area contributed by atoms with Crippen molar-refractivity contribution < 1.29 is 9.90 Å². The van der Waals surface area contributed by atoms with Crippen LogP contribution in [0.1, 0.15) is 34.1 Å². The standard InChI is InChI=1S/C20H20N4O2.ClH/c1-2-17-16(18(21)24-20(22)23-17)11-12-3-5-13(6-4-12)14-7-9-15(10-8-14)19(25)26;/h3-10H,2,11H2,1H3,(H,25,26)(H4,21,22,23,24);1H. The molecule has 6 nitrogen and oxygen atoms in total. The number of nitrogens with zero attached hydrogens (tertiary/aromatic N) is 2. The number of benzene rings is 2. The molecule has 0 aliphatic heterocycles. The van der Waals surface area contributed by atoms with Crippen LogP contribution in [-0.2, 0) is 12.8 Å². The third kappa shape index (κ3) is 4.54. The molecule has 0 radical (unpaired) electrons. The van der Waals surface area contributed by atoms with Crippen LogP contribution < -0.4 is 11.5 Å². The van der Waals surface area contributed by atoms with Gasteiger partial charge in [-0.2, -0.15) is 4.98 Å². The molecule has 3 rings (SSSR count). The lowest BCUT2D eigenvalue weighted by Crippen LogP contribution is -2.09. The number of carbonyl (C=O) groups is 1. The van der Waals surface area contributed by atoms with E-state index in [2.05, 4.69) is 9.97 Å². The zero-order chi connectivity index (χ0) is 18.7. The van der Waals surface area contributed by atoms with Gasteiger partial charge in [-0.05, 0) is 35.2 Å². The maximum Gasteiger partial charge on any atom is 0.335 e. The van der Waals surface area contributed by atoms with Crippen LogP contribution in [0.5, 0.6) is 0 Å². The van der Waals surface area contributed by atoms with E-state index in [0.717, 1.165) is 34.4 Å². The topological polar surface area (TPSA) is 115 Å². The van der Waals surface area contributed by atoms with Gasteiger partial charge < -0.3 is 16.6 Å². The molecule has 1 aromatic heterocycles. The summed E-state index contributed by atoms with van der Waals surface area (Å²) in [6.07, 6.45) is 1.37. The van der Waals surface area contributed by atoms with Crippen LogP contribution >= 0.6 is 12.4 Å². The Bertz CT molecular complexity index is 941. The number of aromatic carboxylic acids is 1. The van der Waals surface area contributed by atoms with Crippen molar-refractivity contribution >= 4 is 30.1 Å². The average molecular weight is 385 g/mol. The summed E-state index contributed by atoms with van der Waals surface area (Å²) in [5.41, 5.74) is 16.8. The number of anilines is 2. The number of aromatic nitrogens is 2. The quantitative estimate of drug-likeness (QED) is 0.619. The van der Waals surface area contributed by atoms with E-state index in [-0.39, 0.29) is 23.9 Å². The van der Waals surface area contributed by atoms with Gasteiger partial charge in [-0.3, -0.25) is 0 Å². The summed E-state index contributed by atoms with van der Waals surface area (Å²) >= 11 is 0. The van der Waals surface area contributed by atoms with E-state index in [1.54, 1.807) is 24.3 Å². The van der Waals surface area contributed by atoms with Crippen molar-refractivity contribution in [2.45, 2.75) is 19.8 Å². The molecule has 27 heavy (non-hydrogen) atoms. The number of carboxylic acids is 1. The molecule has 0 bridgehead atoms. The van der Waals surface area contributed by atoms with Gasteiger partial charge in [0.05, 0.1) is 11.3 Å². The first-order valence-electron chi connectivity index (χ1n) is 8.31. The lowest BCUT2D eigenvalue weighted by molar-refractivity contribution is 0.0697. The molecule has 0 spiro atoms. The summed E-state index contributed by atoms with van der Waals surface area (Å²) < 4.78 is 0. The van der Waals surface area contributed by atoms with Gasteiger partial charge in [0.1, 0.15) is 5.82 Å². The first-order chi connectivity index (χ1) is 12.5. The molecule has 1 heterocycles. The number of halogens is 1. The summed E-state index contributed by atoms with van der Waals surface area (Å²) in [6.45, 7) is 2.01. The molecular formula is C20H21ClN4O2. The van der Waals surface area contributed by atoms with Crippen LogP contribution in [0.15, 0.2) is 48.5 Å². The Morgan fingerprint density at radius 2 is 1.52 bits per heavy atom. The maximum atomic E-state index is 10.9. The van der Waals surface area contributed by atoms with Crippen molar-refractivity contribution in [2.24, 2.45) is 0 Å². The van der Waals surface area contributed by atoms with Gasteiger partial charge in [0, 0.05) is 12.0 Å². The minimum atomic E-state index is -0.929. The number of nitrogen functional groups attached to an aromatic ring is 2. The first kappa shape index (κ1) is 20.2. The Balaban J connectivity index is 0.00000261. The maximum absolute atomic E-state index is 10.9. The van der Waals surface area contributed by atoms with E-state index in [9.17, 15) is 4.79 Å². The fourth-order valence-corrected chi connectivity index (χ4v) is 2.88. The van der Waals surface area contributed by atoms with Crippen LogP contribution in [0.2, 0.25) is 0 Å². The Labute approximate surface area is 163 Å². The molecule has 0 saturated heterocycles. The van der Waals surface area contributed by atoms with Crippen molar-refractivity contribution in [3.05, 3.63) is 70.9 Å². The molecule has 7 heteroatoms. The molecule has 0 amide bonds. The molecule has 3 aromatic rings. The van der Waals surface area contributed by atoms with Gasteiger partial charge in [-0.1, -0.05) is 43.3 Å². The van der Waals surface area contributed by atoms with E-state index in [4.69, 9.17) is 16.6 Å². The van der Waals surface area contributed by atoms with Gasteiger partial charge in [0.15, 0.2) is 0 Å². The molecule has 0 aliphatic rings. The Morgan fingerprint density at radius 1 is 0.963 bits per heavy atom. The highest BCUT2D eigenvalue weighted by molar-refractivity contribution is 5.88. The highest BCUT2D eigenvalue weighted by Gasteiger charge is 2.11. The second-order valence-electron chi connectivity index (χ2n) is 6.00. The van der Waals surface area contributed by atoms with Crippen molar-refractivity contribution in [3.63, 3.8) is 0 Å². The van der Waals surface area contributed by atoms with Crippen LogP contribution in [0.4, 0.5) is 11.8 Å². The van der Waals surface area contributed by atoms with Crippen molar-refractivity contribution in [1.29, 1.82) is 0 Å². The van der Waals surface area contributed by atoms with Crippen molar-refractivity contribution in [3.8, 4) is 11.1 Å². The molecule has 0 saturated carbocycles. The number of aryl methyl sites for hydroxylation is 1. The molecule has 140 valence electrons. The predicted octanol–water partition coefficient (Wildman–Crippen LogP) is 3.58. The molecule has 0 aliphatic carbocycles. The van der Waals surface area contributed by atoms with Gasteiger partial charge in [-0.15, -0.1) is 12.4 Å². The minimum absolute atomic E-state index is 0. The normalized spacial score (nSPS) is 10.3. The van der Waals surface area contributed by atoms with Gasteiger partial charge in [0.25, 0.3) is 0 Å². The Kier molecular flexibility index (Phi) is 6.36. The van der Waals surface area contributed by atoms with Gasteiger partial charge in [0.2, 0.25) is 5.95 Å². The largest absolute Gasteiger partial charge is 0.478 e. The molecule has 0 fully saturated rings. The number of rotatable bonds is 5. The van der Waals surface area contributed by atoms with Crippen LogP contribution in [-0.4, -0.2) is 21.0 Å². The van der Waals surface area contributed by atoms with Crippen molar-refractivity contribution in [1.82, 2.24) is 9.97 Å². The monoisotopic (exact) mass is 384 g/mol. The zero-order valence-electron chi connectivity index (χ0n) is 14.8. The second kappa shape index (κ2) is 8.51. The van der Waals surface area contributed by atoms with Crippen molar-refractivity contribution in [2.75, 3.05) is 11.5 Å². The van der Waals surface area contributed by atoms with E-state index in [1.807, 2.05) is 31.2 Å². The lowest BCUT2D eigenvalue weighted by Gasteiger charge is -2.11. The molecular weight excluding hydrogens is 364 g/mol. The fraction of sp³-hybridized carbons (Fsp3) is 0.150. The first-order valence-corrected chi connectivity index (χ1v) is 8.31. The summed E-state index contributed by atoms with van der Waals surface area (Å²) in [4.78, 5) is 19.3. The average Bonchev–Trinajstić information content (AvgIpc) is 2.64. The zero-order valence-corrected chi connectivity index (χ0v) is 15.7. The highest BCUT2D eigenvalue weighted by atomic mass is 35.5. The van der Waals surface area contributed by atoms with Crippen LogP contribution in [0.3, 0.4) is 0 Å². The van der Waals surface area contributed by atoms with E-state index >= 15 is 0 Å². The van der Waals surface area contributed by atoms with E-state index < -0.39 is 5.97 Å². The number of nitrogens with two attached hydrogens (primary N) is 2. The lowest BCUT2D eigenvalue weighted by atomic mass is 9.98. The molecule has 2 aromatic carbocycles. The molecule has 0 atom stereocenters. The smallest absolute Gasteiger partial charge is 0.335 e. The van der Waals surface area contributed by atoms with E-state index in [0.29, 0.717) is 12.2 Å². The molecule has 0 unspecified atom stereocenters. The number of hydrogen-bond donors (Lipinski definition) is 3. The van der Waals surface area contributed by atoms with Crippen LogP contribution in [0, 0.1) is 0 Å².